The Morgan fingerprint density at radius 1 is 1.42 bits per heavy atom. The molecule has 0 bridgehead atoms. The SMILES string of the molecule is O=C(c1ccncc1Cl)N1CCN(Cc2ccco2)[C@H](CCO)C1. The summed E-state index contributed by atoms with van der Waals surface area (Å²) in [6.45, 7) is 2.64. The largest absolute Gasteiger partial charge is 0.468 e. The van der Waals surface area contributed by atoms with Crippen molar-refractivity contribution in [2.75, 3.05) is 26.2 Å². The van der Waals surface area contributed by atoms with E-state index in [2.05, 4.69) is 9.88 Å². The monoisotopic (exact) mass is 349 g/mol. The number of furan rings is 1. The first-order valence-corrected chi connectivity index (χ1v) is 8.33. The number of aliphatic hydroxyl groups excluding tert-OH is 1. The zero-order valence-electron chi connectivity index (χ0n) is 13.3. The van der Waals surface area contributed by atoms with Crippen LogP contribution in [-0.2, 0) is 6.54 Å². The van der Waals surface area contributed by atoms with E-state index in [-0.39, 0.29) is 18.6 Å². The third-order valence-corrected chi connectivity index (χ3v) is 4.60. The molecule has 1 aliphatic rings. The lowest BCUT2D eigenvalue weighted by atomic mass is 10.1. The summed E-state index contributed by atoms with van der Waals surface area (Å²) in [5, 5.41) is 9.73. The van der Waals surface area contributed by atoms with E-state index in [1.807, 2.05) is 12.1 Å². The van der Waals surface area contributed by atoms with Gasteiger partial charge in [0.05, 0.1) is 23.4 Å². The van der Waals surface area contributed by atoms with Crippen molar-refractivity contribution in [1.29, 1.82) is 0 Å². The van der Waals surface area contributed by atoms with Gasteiger partial charge in [0, 0.05) is 44.7 Å². The lowest BCUT2D eigenvalue weighted by molar-refractivity contribution is 0.0373. The fourth-order valence-electron chi connectivity index (χ4n) is 3.03. The van der Waals surface area contributed by atoms with Crippen molar-refractivity contribution in [2.45, 2.75) is 19.0 Å². The van der Waals surface area contributed by atoms with Gasteiger partial charge in [0.1, 0.15) is 5.76 Å². The number of hydrogen-bond donors (Lipinski definition) is 1. The molecule has 1 fully saturated rings. The number of pyridine rings is 1. The number of amides is 1. The van der Waals surface area contributed by atoms with Crippen molar-refractivity contribution in [1.82, 2.24) is 14.8 Å². The molecule has 1 atom stereocenters. The molecule has 0 saturated carbocycles. The van der Waals surface area contributed by atoms with Crippen LogP contribution in [0, 0.1) is 0 Å². The van der Waals surface area contributed by atoms with Gasteiger partial charge < -0.3 is 14.4 Å². The molecule has 2 aromatic rings. The quantitative estimate of drug-likeness (QED) is 0.894. The summed E-state index contributed by atoms with van der Waals surface area (Å²) < 4.78 is 5.41. The minimum absolute atomic E-state index is 0.0807. The Morgan fingerprint density at radius 3 is 3.00 bits per heavy atom. The van der Waals surface area contributed by atoms with E-state index in [0.29, 0.717) is 36.6 Å². The van der Waals surface area contributed by atoms with Gasteiger partial charge in [0.25, 0.3) is 5.91 Å². The highest BCUT2D eigenvalue weighted by Crippen LogP contribution is 2.21. The highest BCUT2D eigenvalue weighted by atomic mass is 35.5. The van der Waals surface area contributed by atoms with Crippen LogP contribution < -0.4 is 0 Å². The third-order valence-electron chi connectivity index (χ3n) is 4.30. The molecule has 1 amide bonds. The summed E-state index contributed by atoms with van der Waals surface area (Å²) in [4.78, 5) is 20.7. The molecule has 6 nitrogen and oxygen atoms in total. The summed E-state index contributed by atoms with van der Waals surface area (Å²) in [5.41, 5.74) is 0.467. The fourth-order valence-corrected chi connectivity index (χ4v) is 3.23. The zero-order chi connectivity index (χ0) is 16.9. The summed E-state index contributed by atoms with van der Waals surface area (Å²) in [5.74, 6) is 0.790. The van der Waals surface area contributed by atoms with Crippen molar-refractivity contribution in [3.63, 3.8) is 0 Å². The maximum absolute atomic E-state index is 12.7. The maximum atomic E-state index is 12.7. The number of nitrogens with zero attached hydrogens (tertiary/aromatic N) is 3. The standard InChI is InChI=1S/C17H20ClN3O3/c18-16-10-19-5-3-15(16)17(23)21-7-6-20(13(11-21)4-8-22)12-14-2-1-9-24-14/h1-3,5,9-10,13,22H,4,6-8,11-12H2/t13-/m1/s1. The van der Waals surface area contributed by atoms with E-state index in [4.69, 9.17) is 16.0 Å². The van der Waals surface area contributed by atoms with Crippen LogP contribution >= 0.6 is 11.6 Å². The van der Waals surface area contributed by atoms with Gasteiger partial charge >= 0.3 is 0 Å². The summed E-state index contributed by atoms with van der Waals surface area (Å²) in [6.07, 6.45) is 5.31. The number of rotatable bonds is 5. The van der Waals surface area contributed by atoms with E-state index in [1.54, 1.807) is 23.4 Å². The molecule has 0 radical (unpaired) electrons. The molecule has 0 aromatic carbocycles. The van der Waals surface area contributed by atoms with Crippen LogP contribution in [0.15, 0.2) is 41.3 Å². The predicted octanol–water partition coefficient (Wildman–Crippen LogP) is 2.04. The minimum atomic E-state index is -0.0945. The summed E-state index contributed by atoms with van der Waals surface area (Å²) >= 11 is 6.09. The number of halogens is 1. The van der Waals surface area contributed by atoms with Crippen LogP contribution in [0.25, 0.3) is 0 Å². The van der Waals surface area contributed by atoms with Gasteiger partial charge in [-0.3, -0.25) is 14.7 Å². The van der Waals surface area contributed by atoms with Crippen molar-refractivity contribution in [3.05, 3.63) is 53.2 Å². The van der Waals surface area contributed by atoms with Crippen molar-refractivity contribution < 1.29 is 14.3 Å². The first-order chi connectivity index (χ1) is 11.7. The van der Waals surface area contributed by atoms with Crippen molar-refractivity contribution in [3.8, 4) is 0 Å². The number of aliphatic hydroxyl groups is 1. The van der Waals surface area contributed by atoms with Gasteiger partial charge in [-0.2, -0.15) is 0 Å². The first kappa shape index (κ1) is 17.0. The Bertz CT molecular complexity index is 677. The molecule has 24 heavy (non-hydrogen) atoms. The molecule has 1 N–H and O–H groups in total. The van der Waals surface area contributed by atoms with Crippen LogP contribution in [0.2, 0.25) is 5.02 Å². The van der Waals surface area contributed by atoms with E-state index in [1.165, 1.54) is 6.20 Å². The number of carbonyl (C=O) groups is 1. The molecule has 128 valence electrons. The van der Waals surface area contributed by atoms with Gasteiger partial charge in [-0.25, -0.2) is 0 Å². The Hall–Kier alpha value is -1.89. The first-order valence-electron chi connectivity index (χ1n) is 7.95. The molecule has 1 aliphatic heterocycles. The minimum Gasteiger partial charge on any atom is -0.468 e. The molecule has 3 rings (SSSR count). The normalized spacial score (nSPS) is 18.8. The van der Waals surface area contributed by atoms with Crippen molar-refractivity contribution >= 4 is 17.5 Å². The van der Waals surface area contributed by atoms with Crippen LogP contribution in [0.4, 0.5) is 0 Å². The Morgan fingerprint density at radius 2 is 2.29 bits per heavy atom. The molecule has 1 saturated heterocycles. The second kappa shape index (κ2) is 7.79. The topological polar surface area (TPSA) is 69.8 Å². The Kier molecular flexibility index (Phi) is 5.50. The summed E-state index contributed by atoms with van der Waals surface area (Å²) in [6, 6.07) is 5.52. The van der Waals surface area contributed by atoms with Gasteiger partial charge in [-0.1, -0.05) is 11.6 Å². The van der Waals surface area contributed by atoms with Crippen LogP contribution in [0.1, 0.15) is 22.5 Å². The van der Waals surface area contributed by atoms with Crippen LogP contribution in [0.5, 0.6) is 0 Å². The Balaban J connectivity index is 1.70. The highest BCUT2D eigenvalue weighted by Gasteiger charge is 2.30. The van der Waals surface area contributed by atoms with Gasteiger partial charge in [0.2, 0.25) is 0 Å². The molecule has 0 spiro atoms. The van der Waals surface area contributed by atoms with E-state index < -0.39 is 0 Å². The maximum Gasteiger partial charge on any atom is 0.255 e. The average molecular weight is 350 g/mol. The molecule has 3 heterocycles. The van der Waals surface area contributed by atoms with Gasteiger partial charge in [0.15, 0.2) is 0 Å². The number of piperazine rings is 1. The fraction of sp³-hybridized carbons (Fsp3) is 0.412. The molecule has 7 heteroatoms. The second-order valence-corrected chi connectivity index (χ2v) is 6.23. The van der Waals surface area contributed by atoms with Gasteiger partial charge in [-0.05, 0) is 24.6 Å². The lowest BCUT2D eigenvalue weighted by Gasteiger charge is -2.41. The predicted molar refractivity (Wildman–Crippen MR) is 89.8 cm³/mol. The van der Waals surface area contributed by atoms with Crippen LogP contribution in [-0.4, -0.2) is 58.1 Å². The molecular formula is C17H20ClN3O3. The second-order valence-electron chi connectivity index (χ2n) is 5.82. The lowest BCUT2D eigenvalue weighted by Crippen LogP contribution is -2.54. The van der Waals surface area contributed by atoms with E-state index in [9.17, 15) is 9.90 Å². The third kappa shape index (κ3) is 3.77. The molecular weight excluding hydrogens is 330 g/mol. The van der Waals surface area contributed by atoms with Crippen molar-refractivity contribution in [2.24, 2.45) is 0 Å². The molecule has 2 aromatic heterocycles. The number of hydrogen-bond acceptors (Lipinski definition) is 5. The Labute approximate surface area is 145 Å². The van der Waals surface area contributed by atoms with E-state index in [0.717, 1.165) is 12.3 Å². The zero-order valence-corrected chi connectivity index (χ0v) is 14.0. The smallest absolute Gasteiger partial charge is 0.255 e. The molecule has 0 unspecified atom stereocenters. The highest BCUT2D eigenvalue weighted by molar-refractivity contribution is 6.33. The molecule has 0 aliphatic carbocycles. The van der Waals surface area contributed by atoms with Gasteiger partial charge in [-0.15, -0.1) is 0 Å². The number of aromatic nitrogens is 1. The average Bonchev–Trinajstić information content (AvgIpc) is 3.09. The number of carbonyl (C=O) groups excluding carboxylic acids is 1. The summed E-state index contributed by atoms with van der Waals surface area (Å²) in [7, 11) is 0. The van der Waals surface area contributed by atoms with Crippen LogP contribution in [0.3, 0.4) is 0 Å². The van der Waals surface area contributed by atoms with E-state index >= 15 is 0 Å².